The fourth-order valence-electron chi connectivity index (χ4n) is 2.96. The van der Waals surface area contributed by atoms with Gasteiger partial charge in [-0.05, 0) is 30.7 Å². The summed E-state index contributed by atoms with van der Waals surface area (Å²) in [6.07, 6.45) is 5.88. The Morgan fingerprint density at radius 1 is 1.12 bits per heavy atom. The molecular formula is C20H24N4O. The summed E-state index contributed by atoms with van der Waals surface area (Å²) in [6.45, 7) is 3.73. The van der Waals surface area contributed by atoms with E-state index in [9.17, 15) is 4.79 Å². The molecule has 1 aromatic carbocycles. The number of fused-ring (bicyclic) bond motifs is 1. The maximum Gasteiger partial charge on any atom is 0.269 e. The monoisotopic (exact) mass is 336 g/mol. The van der Waals surface area contributed by atoms with Crippen molar-refractivity contribution in [1.29, 1.82) is 0 Å². The lowest BCUT2D eigenvalue weighted by Crippen LogP contribution is -2.27. The van der Waals surface area contributed by atoms with Gasteiger partial charge in [0.05, 0.1) is 11.0 Å². The van der Waals surface area contributed by atoms with Crippen molar-refractivity contribution in [2.75, 3.05) is 6.54 Å². The van der Waals surface area contributed by atoms with E-state index in [0.29, 0.717) is 18.7 Å². The molecule has 130 valence electrons. The summed E-state index contributed by atoms with van der Waals surface area (Å²) in [4.78, 5) is 20.9. The lowest BCUT2D eigenvalue weighted by Gasteiger charge is -2.09. The molecular weight excluding hydrogens is 312 g/mol. The average molecular weight is 336 g/mol. The van der Waals surface area contributed by atoms with Crippen molar-refractivity contribution in [3.05, 3.63) is 60.2 Å². The highest BCUT2D eigenvalue weighted by atomic mass is 16.1. The number of aromatic nitrogens is 3. The van der Waals surface area contributed by atoms with Crippen LogP contribution in [0.15, 0.2) is 48.7 Å². The standard InChI is InChI=1S/C20H24N4O/c1-2-3-8-15-24-18-11-5-4-9-16(18)23-19(24)12-14-22-20(25)17-10-6-7-13-21-17/h4-7,9-11,13H,2-3,8,12,14-15H2,1H3,(H,22,25). The molecule has 0 aliphatic rings. The fraction of sp³-hybridized carbons (Fsp3) is 0.350. The molecule has 0 saturated heterocycles. The van der Waals surface area contributed by atoms with Crippen molar-refractivity contribution < 1.29 is 4.79 Å². The van der Waals surface area contributed by atoms with E-state index in [1.807, 2.05) is 24.3 Å². The Balaban J connectivity index is 1.68. The molecule has 5 heteroatoms. The Morgan fingerprint density at radius 3 is 2.76 bits per heavy atom. The second-order valence-corrected chi connectivity index (χ2v) is 6.10. The molecule has 3 rings (SSSR count). The molecule has 3 aromatic rings. The fourth-order valence-corrected chi connectivity index (χ4v) is 2.96. The van der Waals surface area contributed by atoms with Crippen LogP contribution >= 0.6 is 0 Å². The predicted molar refractivity (Wildman–Crippen MR) is 99.5 cm³/mol. The second kappa shape index (κ2) is 8.42. The number of hydrogen-bond acceptors (Lipinski definition) is 3. The van der Waals surface area contributed by atoms with Gasteiger partial charge in [-0.15, -0.1) is 0 Å². The first-order valence-electron chi connectivity index (χ1n) is 8.93. The number of nitrogens with one attached hydrogen (secondary N) is 1. The molecule has 2 heterocycles. The lowest BCUT2D eigenvalue weighted by molar-refractivity contribution is 0.0949. The molecule has 2 aromatic heterocycles. The van der Waals surface area contributed by atoms with Crippen LogP contribution in [0.4, 0.5) is 0 Å². The normalized spacial score (nSPS) is 10.9. The molecule has 0 saturated carbocycles. The topological polar surface area (TPSA) is 59.8 Å². The van der Waals surface area contributed by atoms with Crippen molar-refractivity contribution in [3.63, 3.8) is 0 Å². The number of amides is 1. The first-order chi connectivity index (χ1) is 12.3. The third-order valence-corrected chi connectivity index (χ3v) is 4.25. The first kappa shape index (κ1) is 17.1. The van der Waals surface area contributed by atoms with E-state index in [1.54, 1.807) is 18.3 Å². The minimum absolute atomic E-state index is 0.144. The number of rotatable bonds is 8. The van der Waals surface area contributed by atoms with Crippen LogP contribution in [0.25, 0.3) is 11.0 Å². The van der Waals surface area contributed by atoms with E-state index in [0.717, 1.165) is 24.3 Å². The molecule has 0 aliphatic carbocycles. The van der Waals surface area contributed by atoms with Gasteiger partial charge in [0.25, 0.3) is 5.91 Å². The van der Waals surface area contributed by atoms with E-state index < -0.39 is 0 Å². The summed E-state index contributed by atoms with van der Waals surface area (Å²) < 4.78 is 2.29. The van der Waals surface area contributed by atoms with Crippen LogP contribution in [0, 0.1) is 0 Å². The number of imidazole rings is 1. The molecule has 1 amide bonds. The van der Waals surface area contributed by atoms with Gasteiger partial charge >= 0.3 is 0 Å². The summed E-state index contributed by atoms with van der Waals surface area (Å²) in [6, 6.07) is 13.6. The number of para-hydroxylation sites is 2. The van der Waals surface area contributed by atoms with Crippen LogP contribution in [0.1, 0.15) is 42.5 Å². The van der Waals surface area contributed by atoms with Crippen LogP contribution < -0.4 is 5.32 Å². The Hall–Kier alpha value is -2.69. The molecule has 0 fully saturated rings. The van der Waals surface area contributed by atoms with Crippen LogP contribution in [-0.4, -0.2) is 27.0 Å². The zero-order valence-electron chi connectivity index (χ0n) is 14.6. The largest absolute Gasteiger partial charge is 0.350 e. The quantitative estimate of drug-likeness (QED) is 0.640. The molecule has 0 spiro atoms. The van der Waals surface area contributed by atoms with Gasteiger partial charge < -0.3 is 9.88 Å². The highest BCUT2D eigenvalue weighted by Crippen LogP contribution is 2.17. The Morgan fingerprint density at radius 2 is 1.96 bits per heavy atom. The second-order valence-electron chi connectivity index (χ2n) is 6.10. The average Bonchev–Trinajstić information content (AvgIpc) is 3.00. The summed E-state index contributed by atoms with van der Waals surface area (Å²) in [5.41, 5.74) is 2.63. The van der Waals surface area contributed by atoms with Crippen molar-refractivity contribution in [1.82, 2.24) is 19.9 Å². The van der Waals surface area contributed by atoms with Crippen LogP contribution in [0.2, 0.25) is 0 Å². The minimum atomic E-state index is -0.144. The molecule has 0 unspecified atom stereocenters. The van der Waals surface area contributed by atoms with Gasteiger partial charge in [-0.2, -0.15) is 0 Å². The van der Waals surface area contributed by atoms with E-state index >= 15 is 0 Å². The van der Waals surface area contributed by atoms with E-state index in [4.69, 9.17) is 4.98 Å². The maximum absolute atomic E-state index is 12.1. The number of pyridine rings is 1. The summed E-state index contributed by atoms with van der Waals surface area (Å²) >= 11 is 0. The van der Waals surface area contributed by atoms with Gasteiger partial charge in [-0.1, -0.05) is 38.0 Å². The smallest absolute Gasteiger partial charge is 0.269 e. The SMILES string of the molecule is CCCCCn1c(CCNC(=O)c2ccccn2)nc2ccccc21. The number of carbonyl (C=O) groups excluding carboxylic acids is 1. The molecule has 0 atom stereocenters. The zero-order valence-corrected chi connectivity index (χ0v) is 14.6. The van der Waals surface area contributed by atoms with E-state index in [2.05, 4.69) is 27.9 Å². The number of carbonyl (C=O) groups is 1. The number of unbranched alkanes of at least 4 members (excludes halogenated alkanes) is 2. The molecule has 0 bridgehead atoms. The summed E-state index contributed by atoms with van der Waals surface area (Å²) in [5, 5.41) is 2.93. The van der Waals surface area contributed by atoms with Gasteiger partial charge in [-0.3, -0.25) is 9.78 Å². The number of nitrogens with zero attached hydrogens (tertiary/aromatic N) is 3. The van der Waals surface area contributed by atoms with Crippen LogP contribution in [-0.2, 0) is 13.0 Å². The Labute approximate surface area is 148 Å². The third-order valence-electron chi connectivity index (χ3n) is 4.25. The first-order valence-corrected chi connectivity index (χ1v) is 8.93. The van der Waals surface area contributed by atoms with Crippen LogP contribution in [0.3, 0.4) is 0 Å². The van der Waals surface area contributed by atoms with Gasteiger partial charge in [0.15, 0.2) is 0 Å². The minimum Gasteiger partial charge on any atom is -0.350 e. The zero-order chi connectivity index (χ0) is 17.5. The summed E-state index contributed by atoms with van der Waals surface area (Å²) in [5.74, 6) is 0.882. The highest BCUT2D eigenvalue weighted by molar-refractivity contribution is 5.92. The Bertz CT molecular complexity index is 826. The summed E-state index contributed by atoms with van der Waals surface area (Å²) in [7, 11) is 0. The van der Waals surface area contributed by atoms with Crippen molar-refractivity contribution in [3.8, 4) is 0 Å². The number of benzene rings is 1. The van der Waals surface area contributed by atoms with E-state index in [1.165, 1.54) is 18.4 Å². The van der Waals surface area contributed by atoms with E-state index in [-0.39, 0.29) is 5.91 Å². The van der Waals surface area contributed by atoms with Crippen molar-refractivity contribution in [2.24, 2.45) is 0 Å². The number of aryl methyl sites for hydroxylation is 1. The molecule has 0 radical (unpaired) electrons. The third kappa shape index (κ3) is 4.24. The maximum atomic E-state index is 12.1. The Kier molecular flexibility index (Phi) is 5.77. The number of hydrogen-bond donors (Lipinski definition) is 1. The highest BCUT2D eigenvalue weighted by Gasteiger charge is 2.11. The van der Waals surface area contributed by atoms with Gasteiger partial charge in [0, 0.05) is 25.7 Å². The van der Waals surface area contributed by atoms with Crippen LogP contribution in [0.5, 0.6) is 0 Å². The predicted octanol–water partition coefficient (Wildman–Crippen LogP) is 3.59. The van der Waals surface area contributed by atoms with Gasteiger partial charge in [0.2, 0.25) is 0 Å². The molecule has 1 N–H and O–H groups in total. The van der Waals surface area contributed by atoms with Gasteiger partial charge in [0.1, 0.15) is 11.5 Å². The molecule has 5 nitrogen and oxygen atoms in total. The van der Waals surface area contributed by atoms with Crippen molar-refractivity contribution >= 4 is 16.9 Å². The lowest BCUT2D eigenvalue weighted by atomic mass is 10.2. The van der Waals surface area contributed by atoms with Crippen molar-refractivity contribution in [2.45, 2.75) is 39.2 Å². The molecule has 0 aliphatic heterocycles. The van der Waals surface area contributed by atoms with Gasteiger partial charge in [-0.25, -0.2) is 4.98 Å². The molecule has 25 heavy (non-hydrogen) atoms.